The van der Waals surface area contributed by atoms with Gasteiger partial charge in [0, 0.05) is 27.0 Å². The number of amides is 1. The van der Waals surface area contributed by atoms with Crippen molar-refractivity contribution >= 4 is 50.9 Å². The predicted octanol–water partition coefficient (Wildman–Crippen LogP) is 6.32. The number of nitrogens with zero attached hydrogens (tertiary/aromatic N) is 1. The molecule has 0 aliphatic carbocycles. The van der Waals surface area contributed by atoms with Crippen LogP contribution in [0.4, 0.5) is 11.4 Å². The van der Waals surface area contributed by atoms with Gasteiger partial charge < -0.3 is 19.7 Å². The highest BCUT2D eigenvalue weighted by Gasteiger charge is 2.70. The number of Topliss-reactive ketones (excluding diaryl/α,β-unsaturated/α-hetero) is 2. The van der Waals surface area contributed by atoms with Gasteiger partial charge in [-0.25, -0.2) is 0 Å². The Morgan fingerprint density at radius 3 is 2.30 bits per heavy atom. The maximum atomic E-state index is 14.9. The largest absolute Gasteiger partial charge is 0.493 e. The number of methoxy groups -OCH3 is 2. The van der Waals surface area contributed by atoms with Crippen LogP contribution in [0, 0.1) is 5.92 Å². The molecule has 1 N–H and O–H groups in total. The number of carbonyl (C=O) groups excluding carboxylic acids is 3. The van der Waals surface area contributed by atoms with Gasteiger partial charge in [-0.1, -0.05) is 76.6 Å². The summed E-state index contributed by atoms with van der Waals surface area (Å²) in [5, 5.41) is 3.06. The third kappa shape index (κ3) is 3.89. The molecule has 43 heavy (non-hydrogen) atoms. The van der Waals surface area contributed by atoms with Gasteiger partial charge in [0.15, 0.2) is 23.1 Å². The van der Waals surface area contributed by atoms with E-state index in [-0.39, 0.29) is 17.5 Å². The van der Waals surface area contributed by atoms with Gasteiger partial charge in [-0.05, 0) is 53.6 Å². The van der Waals surface area contributed by atoms with Crippen LogP contribution in [0.5, 0.6) is 11.5 Å². The van der Waals surface area contributed by atoms with Crippen molar-refractivity contribution in [3.63, 3.8) is 0 Å². The summed E-state index contributed by atoms with van der Waals surface area (Å²) in [5.41, 5.74) is 2.45. The number of hydrogen-bond acceptors (Lipinski definition) is 6. The summed E-state index contributed by atoms with van der Waals surface area (Å²) in [6.07, 6.45) is 3.95. The number of ketones is 2. The summed E-state index contributed by atoms with van der Waals surface area (Å²) >= 11 is 3.46. The second kappa shape index (κ2) is 10.2. The Morgan fingerprint density at radius 1 is 0.837 bits per heavy atom. The molecule has 214 valence electrons. The highest BCUT2D eigenvalue weighted by Crippen LogP contribution is 2.58. The van der Waals surface area contributed by atoms with Gasteiger partial charge >= 0.3 is 0 Å². The normalized spacial score (nSPS) is 22.9. The molecule has 3 aliphatic rings. The molecule has 1 spiro atoms. The van der Waals surface area contributed by atoms with Gasteiger partial charge in [0.25, 0.3) is 0 Å². The highest BCUT2D eigenvalue weighted by molar-refractivity contribution is 9.10. The molecule has 1 saturated heterocycles. The number of rotatable bonds is 6. The summed E-state index contributed by atoms with van der Waals surface area (Å²) < 4.78 is 11.8. The van der Waals surface area contributed by atoms with Gasteiger partial charge in [0.1, 0.15) is 11.5 Å². The van der Waals surface area contributed by atoms with Gasteiger partial charge in [-0.3, -0.25) is 14.4 Å². The van der Waals surface area contributed by atoms with Gasteiger partial charge in [-0.15, -0.1) is 0 Å². The lowest BCUT2D eigenvalue weighted by molar-refractivity contribution is -0.121. The maximum absolute atomic E-state index is 14.9. The van der Waals surface area contributed by atoms with Crippen LogP contribution in [0.3, 0.4) is 0 Å². The van der Waals surface area contributed by atoms with E-state index in [9.17, 15) is 14.4 Å². The van der Waals surface area contributed by atoms with E-state index in [0.717, 1.165) is 15.7 Å². The number of carbonyl (C=O) groups is 3. The Morgan fingerprint density at radius 2 is 1.53 bits per heavy atom. The molecule has 4 aromatic carbocycles. The highest BCUT2D eigenvalue weighted by atomic mass is 79.9. The number of hydrogen-bond donors (Lipinski definition) is 1. The van der Waals surface area contributed by atoms with Crippen LogP contribution in [0.25, 0.3) is 6.08 Å². The topological polar surface area (TPSA) is 84.9 Å². The summed E-state index contributed by atoms with van der Waals surface area (Å²) in [4.78, 5) is 46.2. The first kappa shape index (κ1) is 27.2. The molecule has 1 amide bonds. The Balaban J connectivity index is 1.52. The quantitative estimate of drug-likeness (QED) is 0.250. The molecule has 0 saturated carbocycles. The Bertz CT molecular complexity index is 1830. The van der Waals surface area contributed by atoms with Gasteiger partial charge in [0.2, 0.25) is 5.91 Å². The second-order valence-corrected chi connectivity index (χ2v) is 11.8. The number of para-hydroxylation sites is 2. The number of benzene rings is 4. The van der Waals surface area contributed by atoms with E-state index in [1.165, 1.54) is 14.2 Å². The van der Waals surface area contributed by atoms with Crippen molar-refractivity contribution < 1.29 is 23.9 Å². The van der Waals surface area contributed by atoms with E-state index in [1.807, 2.05) is 65.6 Å². The number of anilines is 2. The van der Waals surface area contributed by atoms with Crippen LogP contribution in [-0.2, 0) is 10.2 Å². The van der Waals surface area contributed by atoms with Crippen LogP contribution < -0.4 is 19.7 Å². The van der Waals surface area contributed by atoms with Crippen LogP contribution in [-0.4, -0.2) is 43.8 Å². The molecule has 8 heteroatoms. The monoisotopic (exact) mass is 634 g/mol. The fourth-order valence-electron chi connectivity index (χ4n) is 7.07. The first-order valence-corrected chi connectivity index (χ1v) is 14.7. The molecule has 3 aliphatic heterocycles. The smallest absolute Gasteiger partial charge is 0.238 e. The van der Waals surface area contributed by atoms with E-state index in [2.05, 4.69) is 21.2 Å². The zero-order valence-corrected chi connectivity index (χ0v) is 25.0. The molecule has 0 radical (unpaired) electrons. The molecule has 1 fully saturated rings. The zero-order chi connectivity index (χ0) is 29.9. The first-order valence-electron chi connectivity index (χ1n) is 13.9. The van der Waals surface area contributed by atoms with Crippen LogP contribution in [0.15, 0.2) is 102 Å². The molecule has 0 bridgehead atoms. The number of fused-ring (bicyclic) bond motifs is 6. The lowest BCUT2D eigenvalue weighted by Gasteiger charge is -2.37. The Hall–Kier alpha value is -4.69. The van der Waals surface area contributed by atoms with Crippen LogP contribution >= 0.6 is 15.9 Å². The molecular weight excluding hydrogens is 608 g/mol. The summed E-state index contributed by atoms with van der Waals surface area (Å²) in [7, 11) is 3.04. The summed E-state index contributed by atoms with van der Waals surface area (Å²) in [5.74, 6) is -1.04. The van der Waals surface area contributed by atoms with E-state index in [4.69, 9.17) is 9.47 Å². The molecule has 3 heterocycles. The average molecular weight is 636 g/mol. The lowest BCUT2D eigenvalue weighted by atomic mass is 9.64. The first-order chi connectivity index (χ1) is 20.9. The summed E-state index contributed by atoms with van der Waals surface area (Å²) in [6.45, 7) is 0. The molecule has 7 nitrogen and oxygen atoms in total. The predicted molar refractivity (Wildman–Crippen MR) is 168 cm³/mol. The van der Waals surface area contributed by atoms with E-state index in [1.54, 1.807) is 42.5 Å². The molecule has 4 aromatic rings. The van der Waals surface area contributed by atoms with Crippen LogP contribution in [0.1, 0.15) is 31.8 Å². The Labute approximate surface area is 257 Å². The van der Waals surface area contributed by atoms with Crippen LogP contribution in [0.2, 0.25) is 0 Å². The third-order valence-corrected chi connectivity index (χ3v) is 9.42. The minimum absolute atomic E-state index is 0.279. The van der Waals surface area contributed by atoms with Crippen molar-refractivity contribution in [2.45, 2.75) is 17.5 Å². The number of halogens is 1. The van der Waals surface area contributed by atoms with Crippen molar-refractivity contribution in [3.8, 4) is 11.5 Å². The number of nitrogens with one attached hydrogen (secondary N) is 1. The number of ether oxygens (including phenoxy) is 2. The van der Waals surface area contributed by atoms with Crippen molar-refractivity contribution in [2.24, 2.45) is 5.92 Å². The third-order valence-electron chi connectivity index (χ3n) is 8.89. The zero-order valence-electron chi connectivity index (χ0n) is 23.4. The fraction of sp³-hybridized carbons (Fsp3) is 0.171. The molecule has 7 rings (SSSR count). The minimum atomic E-state index is -1.37. The van der Waals surface area contributed by atoms with Gasteiger partial charge in [-0.2, -0.15) is 0 Å². The van der Waals surface area contributed by atoms with Crippen molar-refractivity contribution in [2.75, 3.05) is 24.4 Å². The summed E-state index contributed by atoms with van der Waals surface area (Å²) in [6, 6.07) is 25.7. The molecule has 4 atom stereocenters. The van der Waals surface area contributed by atoms with Crippen molar-refractivity contribution in [1.29, 1.82) is 0 Å². The molecular formula is C35H27BrN2O5. The molecule has 0 aromatic heterocycles. The van der Waals surface area contributed by atoms with E-state index >= 15 is 0 Å². The van der Waals surface area contributed by atoms with E-state index < -0.39 is 23.4 Å². The maximum Gasteiger partial charge on any atom is 0.238 e. The van der Waals surface area contributed by atoms with Gasteiger partial charge in [0.05, 0.1) is 26.2 Å². The lowest BCUT2D eigenvalue weighted by Crippen LogP contribution is -2.51. The molecule has 0 unspecified atom stereocenters. The standard InChI is InChI=1S/C35H27BrN2O5/c1-42-27-17-13-22(19-28(27)43-2)33(40)31-30(32(39)21-11-15-23(36)16-12-21)35(24-8-4-5-9-25(24)37-34(35)41)29-18-14-20-7-3-6-10-26(20)38(29)31/h3-19,29-31H,1-2H3,(H,37,41)/t29-,30-,31-,35-/m1/s1. The van der Waals surface area contributed by atoms with Crippen molar-refractivity contribution in [1.82, 2.24) is 0 Å². The SMILES string of the molecule is COc1ccc(C(=O)[C@H]2[C@H](C(=O)c3ccc(Br)cc3)[C@]3(C(=O)Nc4ccccc43)[C@H]3C=Cc4ccccc4N23)cc1OC. The van der Waals surface area contributed by atoms with Crippen molar-refractivity contribution in [3.05, 3.63) is 124 Å². The Kier molecular flexibility index (Phi) is 6.47. The fourth-order valence-corrected chi connectivity index (χ4v) is 7.34. The van der Waals surface area contributed by atoms with E-state index in [0.29, 0.717) is 33.9 Å². The minimum Gasteiger partial charge on any atom is -0.493 e. The second-order valence-electron chi connectivity index (χ2n) is 10.9. The average Bonchev–Trinajstić information content (AvgIpc) is 3.52.